The highest BCUT2D eigenvalue weighted by Gasteiger charge is 2.31. The molecule has 156 valence electrons. The molecule has 2 aromatic rings. The zero-order valence-electron chi connectivity index (χ0n) is 16.5. The lowest BCUT2D eigenvalue weighted by molar-refractivity contribution is -0.113. The molecular weight excluding hydrogens is 443 g/mol. The number of aliphatic imine (C=N–C) groups is 1. The number of rotatable bonds is 3. The molecule has 0 radical (unpaired) electrons. The Bertz CT molecular complexity index is 1010. The maximum absolute atomic E-state index is 12.4. The molecule has 0 N–H and O–H groups in total. The Kier molecular flexibility index (Phi) is 6.39. The van der Waals surface area contributed by atoms with Crippen molar-refractivity contribution in [2.24, 2.45) is 4.99 Å². The topological polar surface area (TPSA) is 51.1 Å². The highest BCUT2D eigenvalue weighted by atomic mass is 35.5. The summed E-state index contributed by atoms with van der Waals surface area (Å²) in [6, 6.07) is 12.4. The number of amides is 1. The third kappa shape index (κ3) is 5.01. The van der Waals surface area contributed by atoms with Crippen LogP contribution < -0.4 is 4.74 Å². The number of morpholine rings is 1. The fourth-order valence-corrected chi connectivity index (χ4v) is 4.61. The zero-order chi connectivity index (χ0) is 21.3. The van der Waals surface area contributed by atoms with Crippen LogP contribution in [0.1, 0.15) is 19.4 Å². The average molecular weight is 463 g/mol. The Labute approximate surface area is 189 Å². The predicted molar refractivity (Wildman–Crippen MR) is 123 cm³/mol. The maximum Gasteiger partial charge on any atom is 0.286 e. The Hall–Kier alpha value is -1.99. The number of nitrogens with zero attached hydrogens (tertiary/aromatic N) is 2. The second-order valence-corrected chi connectivity index (χ2v) is 9.06. The van der Waals surface area contributed by atoms with E-state index in [1.807, 2.05) is 26.0 Å². The highest BCUT2D eigenvalue weighted by Crippen LogP contribution is 2.34. The summed E-state index contributed by atoms with van der Waals surface area (Å²) in [5.41, 5.74) is 0.733. The van der Waals surface area contributed by atoms with E-state index >= 15 is 0 Å². The van der Waals surface area contributed by atoms with Crippen LogP contribution in [0.5, 0.6) is 11.5 Å². The largest absolute Gasteiger partial charge is 0.457 e. The van der Waals surface area contributed by atoms with E-state index in [1.54, 1.807) is 36.4 Å². The molecular formula is C22H20Cl2N2O3S. The van der Waals surface area contributed by atoms with E-state index in [0.29, 0.717) is 44.7 Å². The molecule has 1 saturated heterocycles. The highest BCUT2D eigenvalue weighted by molar-refractivity contribution is 8.18. The Morgan fingerprint density at radius 3 is 2.43 bits per heavy atom. The molecule has 2 heterocycles. The third-order valence-corrected chi connectivity index (χ3v) is 6.23. The van der Waals surface area contributed by atoms with Crippen LogP contribution in [0.25, 0.3) is 6.08 Å². The van der Waals surface area contributed by atoms with Gasteiger partial charge in [0.25, 0.3) is 5.91 Å². The second-order valence-electron chi connectivity index (χ2n) is 7.21. The summed E-state index contributed by atoms with van der Waals surface area (Å²) in [6.45, 7) is 5.48. The molecule has 2 aliphatic heterocycles. The first kappa shape index (κ1) is 21.2. The zero-order valence-corrected chi connectivity index (χ0v) is 18.8. The smallest absolute Gasteiger partial charge is 0.286 e. The number of carbonyl (C=O) groups excluding carboxylic acids is 1. The van der Waals surface area contributed by atoms with Crippen LogP contribution in [0.15, 0.2) is 52.4 Å². The molecule has 0 bridgehead atoms. The van der Waals surface area contributed by atoms with Crippen molar-refractivity contribution >= 4 is 52.1 Å². The van der Waals surface area contributed by atoms with Gasteiger partial charge in [-0.2, -0.15) is 4.99 Å². The van der Waals surface area contributed by atoms with E-state index in [4.69, 9.17) is 32.7 Å². The number of benzene rings is 2. The summed E-state index contributed by atoms with van der Waals surface area (Å²) in [5.74, 6) is 1.01. The van der Waals surface area contributed by atoms with Gasteiger partial charge in [-0.25, -0.2) is 0 Å². The molecule has 0 saturated carbocycles. The number of carbonyl (C=O) groups is 1. The van der Waals surface area contributed by atoms with Gasteiger partial charge in [0.2, 0.25) is 0 Å². The fourth-order valence-electron chi connectivity index (χ4n) is 3.34. The normalized spacial score (nSPS) is 23.1. The summed E-state index contributed by atoms with van der Waals surface area (Å²) >= 11 is 13.7. The van der Waals surface area contributed by atoms with Crippen molar-refractivity contribution in [2.75, 3.05) is 13.1 Å². The molecule has 2 aromatic carbocycles. The van der Waals surface area contributed by atoms with Gasteiger partial charge in [0.05, 0.1) is 22.1 Å². The van der Waals surface area contributed by atoms with Gasteiger partial charge in [0, 0.05) is 18.1 Å². The number of amidine groups is 1. The summed E-state index contributed by atoms with van der Waals surface area (Å²) in [5, 5.41) is 1.85. The van der Waals surface area contributed by atoms with E-state index < -0.39 is 0 Å². The lowest BCUT2D eigenvalue weighted by Gasteiger charge is -2.35. The molecule has 5 nitrogen and oxygen atoms in total. The third-order valence-electron chi connectivity index (χ3n) is 4.61. The average Bonchev–Trinajstić information content (AvgIpc) is 3.06. The second kappa shape index (κ2) is 9.02. The van der Waals surface area contributed by atoms with Crippen LogP contribution in [0, 0.1) is 0 Å². The summed E-state index contributed by atoms with van der Waals surface area (Å²) < 4.78 is 11.6. The maximum atomic E-state index is 12.4. The molecule has 2 aliphatic rings. The van der Waals surface area contributed by atoms with E-state index in [9.17, 15) is 4.79 Å². The molecule has 1 fully saturated rings. The van der Waals surface area contributed by atoms with Gasteiger partial charge in [-0.05, 0) is 79.7 Å². The number of hydrogen-bond acceptors (Lipinski definition) is 5. The van der Waals surface area contributed by atoms with Gasteiger partial charge in [0.15, 0.2) is 5.17 Å². The summed E-state index contributed by atoms with van der Waals surface area (Å²) in [7, 11) is 0. The minimum Gasteiger partial charge on any atom is -0.457 e. The van der Waals surface area contributed by atoms with E-state index in [1.165, 1.54) is 11.8 Å². The monoisotopic (exact) mass is 462 g/mol. The Morgan fingerprint density at radius 1 is 1.10 bits per heavy atom. The Morgan fingerprint density at radius 2 is 1.77 bits per heavy atom. The van der Waals surface area contributed by atoms with Crippen molar-refractivity contribution in [2.45, 2.75) is 26.1 Å². The van der Waals surface area contributed by atoms with Crippen LogP contribution in [0.2, 0.25) is 10.0 Å². The van der Waals surface area contributed by atoms with Gasteiger partial charge in [0.1, 0.15) is 11.5 Å². The van der Waals surface area contributed by atoms with E-state index in [0.717, 1.165) is 5.56 Å². The molecule has 1 amide bonds. The van der Waals surface area contributed by atoms with Crippen LogP contribution >= 0.6 is 35.0 Å². The van der Waals surface area contributed by atoms with Crippen molar-refractivity contribution in [1.29, 1.82) is 0 Å². The lowest BCUT2D eigenvalue weighted by Crippen LogP contribution is -2.47. The number of halogens is 2. The molecule has 4 rings (SSSR count). The first-order chi connectivity index (χ1) is 14.4. The first-order valence-corrected chi connectivity index (χ1v) is 11.1. The quantitative estimate of drug-likeness (QED) is 0.534. The van der Waals surface area contributed by atoms with Crippen LogP contribution in [-0.4, -0.2) is 41.3 Å². The fraction of sp³-hybridized carbons (Fsp3) is 0.273. The molecule has 8 heteroatoms. The molecule has 2 atom stereocenters. The van der Waals surface area contributed by atoms with Gasteiger partial charge < -0.3 is 14.4 Å². The molecule has 0 aliphatic carbocycles. The van der Waals surface area contributed by atoms with Crippen LogP contribution in [-0.2, 0) is 9.53 Å². The summed E-state index contributed by atoms with van der Waals surface area (Å²) in [6.07, 6.45) is 1.97. The predicted octanol–water partition coefficient (Wildman–Crippen LogP) is 5.87. The number of hydrogen-bond donors (Lipinski definition) is 0. The number of ether oxygens (including phenoxy) is 2. The van der Waals surface area contributed by atoms with Crippen molar-refractivity contribution in [3.05, 3.63) is 63.0 Å². The van der Waals surface area contributed by atoms with Crippen LogP contribution in [0.4, 0.5) is 0 Å². The van der Waals surface area contributed by atoms with Crippen molar-refractivity contribution in [3.8, 4) is 11.5 Å². The van der Waals surface area contributed by atoms with E-state index in [-0.39, 0.29) is 18.1 Å². The first-order valence-electron chi connectivity index (χ1n) is 9.53. The molecule has 30 heavy (non-hydrogen) atoms. The van der Waals surface area contributed by atoms with Crippen LogP contribution in [0.3, 0.4) is 0 Å². The van der Waals surface area contributed by atoms with Gasteiger partial charge >= 0.3 is 0 Å². The molecule has 0 unspecified atom stereocenters. The minimum absolute atomic E-state index is 0.0998. The standard InChI is InChI=1S/C22H20Cl2N2O3S/c1-13-11-26(12-14(2)28-13)22-25-21(27)20(30-22)9-15-3-6-18(10-19(15)24)29-17-7-4-16(23)5-8-17/h3-10,13-14H,11-12H2,1-2H3/b20-9+/t13-,14-/m0/s1. The lowest BCUT2D eigenvalue weighted by atomic mass is 10.2. The molecule has 0 aromatic heterocycles. The van der Waals surface area contributed by atoms with Gasteiger partial charge in [-0.1, -0.05) is 23.2 Å². The van der Waals surface area contributed by atoms with Crippen molar-refractivity contribution in [3.63, 3.8) is 0 Å². The van der Waals surface area contributed by atoms with Gasteiger partial charge in [-0.15, -0.1) is 0 Å². The molecule has 0 spiro atoms. The minimum atomic E-state index is -0.251. The van der Waals surface area contributed by atoms with Crippen molar-refractivity contribution < 1.29 is 14.3 Å². The van der Waals surface area contributed by atoms with Crippen molar-refractivity contribution in [1.82, 2.24) is 4.90 Å². The van der Waals surface area contributed by atoms with Gasteiger partial charge in [-0.3, -0.25) is 4.79 Å². The Balaban J connectivity index is 1.47. The van der Waals surface area contributed by atoms with E-state index in [2.05, 4.69) is 9.89 Å². The number of thioether (sulfide) groups is 1. The summed E-state index contributed by atoms with van der Waals surface area (Å²) in [4.78, 5) is 19.3. The SMILES string of the molecule is C[C@H]1CN(C2=NC(=O)/C(=C\c3ccc(Oc4ccc(Cl)cc4)cc3Cl)S2)C[C@H](C)O1.